The lowest BCUT2D eigenvalue weighted by atomic mass is 9.99. The van der Waals surface area contributed by atoms with Gasteiger partial charge in [-0.3, -0.25) is 4.79 Å². The molecule has 1 saturated carbocycles. The molecule has 3 rings (SSSR count). The number of hydrogen-bond acceptors (Lipinski definition) is 3. The molecular formula is C16H22FN3O. The van der Waals surface area contributed by atoms with Gasteiger partial charge >= 0.3 is 0 Å². The molecule has 21 heavy (non-hydrogen) atoms. The van der Waals surface area contributed by atoms with Gasteiger partial charge in [-0.05, 0) is 37.0 Å². The van der Waals surface area contributed by atoms with Crippen LogP contribution in [0, 0.1) is 11.7 Å². The topological polar surface area (TPSA) is 49.6 Å². The van der Waals surface area contributed by atoms with Crippen LogP contribution in [0.25, 0.3) is 0 Å². The molecule has 0 unspecified atom stereocenters. The van der Waals surface area contributed by atoms with E-state index in [4.69, 9.17) is 5.73 Å². The number of likely N-dealkylation sites (N-methyl/N-ethyl adjacent to an activating group) is 1. The highest BCUT2D eigenvalue weighted by molar-refractivity contribution is 5.98. The predicted octanol–water partition coefficient (Wildman–Crippen LogP) is 2.13. The highest BCUT2D eigenvalue weighted by atomic mass is 19.1. The molecule has 0 spiro atoms. The zero-order chi connectivity index (χ0) is 15.0. The van der Waals surface area contributed by atoms with E-state index in [9.17, 15) is 9.18 Å². The second-order valence-electron chi connectivity index (χ2n) is 6.16. The SMILES string of the molecule is CN1CCN(C(=O)C[C@@H]2CCC[C@H]2N)c2ccc(F)cc21. The summed E-state index contributed by atoms with van der Waals surface area (Å²) in [5, 5.41) is 0. The maximum absolute atomic E-state index is 13.4. The Kier molecular flexibility index (Phi) is 3.85. The maximum Gasteiger partial charge on any atom is 0.227 e. The smallest absolute Gasteiger partial charge is 0.227 e. The number of benzene rings is 1. The Morgan fingerprint density at radius 2 is 2.14 bits per heavy atom. The van der Waals surface area contributed by atoms with E-state index < -0.39 is 0 Å². The number of hydrogen-bond donors (Lipinski definition) is 1. The second-order valence-corrected chi connectivity index (χ2v) is 6.16. The van der Waals surface area contributed by atoms with Crippen molar-refractivity contribution in [1.82, 2.24) is 0 Å². The van der Waals surface area contributed by atoms with Gasteiger partial charge < -0.3 is 15.5 Å². The van der Waals surface area contributed by atoms with Gasteiger partial charge in [0.15, 0.2) is 0 Å². The summed E-state index contributed by atoms with van der Waals surface area (Å²) < 4.78 is 13.4. The van der Waals surface area contributed by atoms with Crippen molar-refractivity contribution in [2.24, 2.45) is 11.7 Å². The molecule has 1 fully saturated rings. The molecule has 1 aromatic rings. The summed E-state index contributed by atoms with van der Waals surface area (Å²) in [5.41, 5.74) is 7.65. The van der Waals surface area contributed by atoms with Crippen LogP contribution in [0.5, 0.6) is 0 Å². The second kappa shape index (κ2) is 5.64. The van der Waals surface area contributed by atoms with Gasteiger partial charge in [0.05, 0.1) is 11.4 Å². The number of fused-ring (bicyclic) bond motifs is 1. The van der Waals surface area contributed by atoms with Gasteiger partial charge in [-0.15, -0.1) is 0 Å². The first-order valence-corrected chi connectivity index (χ1v) is 7.63. The minimum atomic E-state index is -0.271. The molecule has 0 bridgehead atoms. The van der Waals surface area contributed by atoms with Crippen molar-refractivity contribution in [3.8, 4) is 0 Å². The molecule has 2 aliphatic rings. The monoisotopic (exact) mass is 291 g/mol. The third-order valence-electron chi connectivity index (χ3n) is 4.75. The molecule has 2 atom stereocenters. The molecule has 0 aromatic heterocycles. The molecule has 1 amide bonds. The van der Waals surface area contributed by atoms with E-state index in [-0.39, 0.29) is 17.8 Å². The number of nitrogens with zero attached hydrogens (tertiary/aromatic N) is 2. The Morgan fingerprint density at radius 3 is 2.86 bits per heavy atom. The van der Waals surface area contributed by atoms with Crippen molar-refractivity contribution in [1.29, 1.82) is 0 Å². The Labute approximate surface area is 124 Å². The fourth-order valence-electron chi connectivity index (χ4n) is 3.43. The molecule has 0 saturated heterocycles. The van der Waals surface area contributed by atoms with E-state index in [1.807, 2.05) is 11.9 Å². The predicted molar refractivity (Wildman–Crippen MR) is 82.0 cm³/mol. The molecule has 114 valence electrons. The van der Waals surface area contributed by atoms with Crippen molar-refractivity contribution in [2.45, 2.75) is 31.7 Å². The van der Waals surface area contributed by atoms with Gasteiger partial charge in [0.2, 0.25) is 5.91 Å². The molecule has 5 heteroatoms. The lowest BCUT2D eigenvalue weighted by molar-refractivity contribution is -0.119. The van der Waals surface area contributed by atoms with E-state index in [1.54, 1.807) is 11.0 Å². The van der Waals surface area contributed by atoms with Gasteiger partial charge in [-0.1, -0.05) is 6.42 Å². The summed E-state index contributed by atoms with van der Waals surface area (Å²) in [6.45, 7) is 1.37. The van der Waals surface area contributed by atoms with Crippen molar-refractivity contribution >= 4 is 17.3 Å². The molecule has 1 aliphatic carbocycles. The summed E-state index contributed by atoms with van der Waals surface area (Å²) in [6.07, 6.45) is 3.67. The number of halogens is 1. The van der Waals surface area contributed by atoms with E-state index in [2.05, 4.69) is 0 Å². The average Bonchev–Trinajstić information content (AvgIpc) is 2.85. The third-order valence-corrected chi connectivity index (χ3v) is 4.75. The Hall–Kier alpha value is -1.62. The molecule has 1 heterocycles. The number of rotatable bonds is 2. The number of anilines is 2. The number of nitrogens with two attached hydrogens (primary N) is 1. The summed E-state index contributed by atoms with van der Waals surface area (Å²) >= 11 is 0. The van der Waals surface area contributed by atoms with Crippen LogP contribution >= 0.6 is 0 Å². The first-order valence-electron chi connectivity index (χ1n) is 7.63. The normalized spacial score (nSPS) is 25.1. The fourth-order valence-corrected chi connectivity index (χ4v) is 3.43. The number of carbonyl (C=O) groups is 1. The average molecular weight is 291 g/mol. The summed E-state index contributed by atoms with van der Waals surface area (Å²) in [6, 6.07) is 4.76. The van der Waals surface area contributed by atoms with Gasteiger partial charge in [0.1, 0.15) is 5.82 Å². The first-order chi connectivity index (χ1) is 10.1. The summed E-state index contributed by atoms with van der Waals surface area (Å²) in [5.74, 6) is 0.132. The molecule has 0 radical (unpaired) electrons. The van der Waals surface area contributed by atoms with Crippen molar-refractivity contribution in [2.75, 3.05) is 29.9 Å². The van der Waals surface area contributed by atoms with Crippen molar-refractivity contribution in [3.05, 3.63) is 24.0 Å². The van der Waals surface area contributed by atoms with Crippen LogP contribution in [0.2, 0.25) is 0 Å². The maximum atomic E-state index is 13.4. The van der Waals surface area contributed by atoms with Crippen LogP contribution in [0.3, 0.4) is 0 Å². The molecule has 1 aliphatic heterocycles. The standard InChI is InChI=1S/C16H22FN3O/c1-19-7-8-20(14-6-5-12(17)10-15(14)19)16(21)9-11-3-2-4-13(11)18/h5-6,10-11,13H,2-4,7-9,18H2,1H3/t11-,13+/m0/s1. The van der Waals surface area contributed by atoms with Crippen LogP contribution in [0.1, 0.15) is 25.7 Å². The minimum absolute atomic E-state index is 0.110. The van der Waals surface area contributed by atoms with Crippen molar-refractivity contribution in [3.63, 3.8) is 0 Å². The lowest BCUT2D eigenvalue weighted by Gasteiger charge is -2.36. The van der Waals surface area contributed by atoms with Crippen LogP contribution in [0.4, 0.5) is 15.8 Å². The van der Waals surface area contributed by atoms with E-state index in [1.165, 1.54) is 12.1 Å². The highest BCUT2D eigenvalue weighted by Crippen LogP contribution is 2.35. The number of carbonyl (C=O) groups excluding carboxylic acids is 1. The molecule has 1 aromatic carbocycles. The number of amides is 1. The Balaban J connectivity index is 1.80. The Morgan fingerprint density at radius 1 is 1.33 bits per heavy atom. The first kappa shape index (κ1) is 14.3. The Bertz CT molecular complexity index is 548. The quantitative estimate of drug-likeness (QED) is 0.908. The summed E-state index contributed by atoms with van der Waals surface area (Å²) in [4.78, 5) is 16.4. The van der Waals surface area contributed by atoms with Crippen LogP contribution in [0.15, 0.2) is 18.2 Å². The third kappa shape index (κ3) is 2.75. The van der Waals surface area contributed by atoms with Gasteiger partial charge in [0.25, 0.3) is 0 Å². The van der Waals surface area contributed by atoms with E-state index >= 15 is 0 Å². The van der Waals surface area contributed by atoms with Crippen LogP contribution in [-0.2, 0) is 4.79 Å². The van der Waals surface area contributed by atoms with Crippen LogP contribution in [-0.4, -0.2) is 32.1 Å². The van der Waals surface area contributed by atoms with Gasteiger partial charge in [-0.2, -0.15) is 0 Å². The summed E-state index contributed by atoms with van der Waals surface area (Å²) in [7, 11) is 1.92. The van der Waals surface area contributed by atoms with Crippen LogP contribution < -0.4 is 15.5 Å². The largest absolute Gasteiger partial charge is 0.371 e. The molecular weight excluding hydrogens is 269 g/mol. The minimum Gasteiger partial charge on any atom is -0.371 e. The molecule has 4 nitrogen and oxygen atoms in total. The zero-order valence-corrected chi connectivity index (χ0v) is 12.4. The van der Waals surface area contributed by atoms with Gasteiger partial charge in [-0.25, -0.2) is 4.39 Å². The fraction of sp³-hybridized carbons (Fsp3) is 0.562. The van der Waals surface area contributed by atoms with Crippen molar-refractivity contribution < 1.29 is 9.18 Å². The molecule has 2 N–H and O–H groups in total. The lowest BCUT2D eigenvalue weighted by Crippen LogP contribution is -2.44. The zero-order valence-electron chi connectivity index (χ0n) is 12.4. The van der Waals surface area contributed by atoms with Gasteiger partial charge in [0, 0.05) is 32.6 Å². The van der Waals surface area contributed by atoms with E-state index in [0.29, 0.717) is 18.9 Å². The van der Waals surface area contributed by atoms with E-state index in [0.717, 1.165) is 37.2 Å². The highest BCUT2D eigenvalue weighted by Gasteiger charge is 2.31.